The van der Waals surface area contributed by atoms with Crippen LogP contribution in [0, 0.1) is 0 Å². The van der Waals surface area contributed by atoms with Crippen molar-refractivity contribution in [3.8, 4) is 0 Å². The van der Waals surface area contributed by atoms with Crippen LogP contribution in [0.25, 0.3) is 0 Å². The van der Waals surface area contributed by atoms with E-state index in [4.69, 9.17) is 5.73 Å². The molecule has 132 valence electrons. The van der Waals surface area contributed by atoms with Crippen molar-refractivity contribution in [3.05, 3.63) is 0 Å². The Morgan fingerprint density at radius 1 is 0.864 bits per heavy atom. The highest BCUT2D eigenvalue weighted by Crippen LogP contribution is 2.21. The van der Waals surface area contributed by atoms with Crippen LogP contribution in [0.1, 0.15) is 104 Å². The molecule has 2 heteroatoms. The lowest BCUT2D eigenvalue weighted by Crippen LogP contribution is -2.47. The van der Waals surface area contributed by atoms with Gasteiger partial charge in [0.2, 0.25) is 0 Å². The molecule has 1 saturated heterocycles. The van der Waals surface area contributed by atoms with Crippen molar-refractivity contribution in [3.63, 3.8) is 0 Å². The average molecular weight is 311 g/mol. The molecule has 0 spiro atoms. The van der Waals surface area contributed by atoms with E-state index in [1.54, 1.807) is 0 Å². The number of likely N-dealkylation sites (tertiary alicyclic amines) is 1. The fraction of sp³-hybridized carbons (Fsp3) is 1.00. The minimum absolute atomic E-state index is 0.427. The highest BCUT2D eigenvalue weighted by Gasteiger charge is 2.23. The van der Waals surface area contributed by atoms with Gasteiger partial charge in [0.25, 0.3) is 0 Å². The number of hydrogen-bond donors (Lipinski definition) is 1. The van der Waals surface area contributed by atoms with Crippen LogP contribution < -0.4 is 5.73 Å². The topological polar surface area (TPSA) is 29.3 Å². The first-order valence-corrected chi connectivity index (χ1v) is 10.3. The van der Waals surface area contributed by atoms with Gasteiger partial charge in [-0.25, -0.2) is 0 Å². The van der Waals surface area contributed by atoms with Gasteiger partial charge in [-0.3, -0.25) is 4.90 Å². The van der Waals surface area contributed by atoms with Gasteiger partial charge in [-0.05, 0) is 32.2 Å². The van der Waals surface area contributed by atoms with E-state index in [9.17, 15) is 0 Å². The Hall–Kier alpha value is -0.0800. The minimum Gasteiger partial charge on any atom is -0.327 e. The summed E-state index contributed by atoms with van der Waals surface area (Å²) in [6.45, 7) is 7.04. The van der Waals surface area contributed by atoms with Crippen molar-refractivity contribution in [2.75, 3.05) is 13.1 Å². The summed E-state index contributed by atoms with van der Waals surface area (Å²) in [6, 6.07) is 1.24. The molecular weight excluding hydrogens is 268 g/mol. The fourth-order valence-corrected chi connectivity index (χ4v) is 3.85. The molecule has 22 heavy (non-hydrogen) atoms. The third kappa shape index (κ3) is 9.15. The molecule has 1 aliphatic rings. The molecule has 0 aromatic rings. The predicted octanol–water partition coefficient (Wildman–Crippen LogP) is 5.50. The zero-order valence-corrected chi connectivity index (χ0v) is 15.5. The van der Waals surface area contributed by atoms with E-state index >= 15 is 0 Å². The molecule has 0 aromatic heterocycles. The largest absolute Gasteiger partial charge is 0.327 e. The van der Waals surface area contributed by atoms with Gasteiger partial charge in [-0.15, -0.1) is 0 Å². The Kier molecular flexibility index (Phi) is 12.1. The summed E-state index contributed by atoms with van der Waals surface area (Å²) in [5, 5.41) is 0. The molecule has 1 heterocycles. The molecule has 1 aliphatic heterocycles. The van der Waals surface area contributed by atoms with Gasteiger partial charge in [0.15, 0.2) is 0 Å². The highest BCUT2D eigenvalue weighted by molar-refractivity contribution is 4.81. The first-order chi connectivity index (χ1) is 10.8. The lowest BCUT2D eigenvalue weighted by atomic mass is 9.96. The highest BCUT2D eigenvalue weighted by atomic mass is 15.2. The summed E-state index contributed by atoms with van der Waals surface area (Å²) < 4.78 is 0. The summed E-state index contributed by atoms with van der Waals surface area (Å²) >= 11 is 0. The van der Waals surface area contributed by atoms with Crippen LogP contribution in [0.15, 0.2) is 0 Å². The molecule has 2 nitrogen and oxygen atoms in total. The van der Waals surface area contributed by atoms with Crippen LogP contribution in [0.5, 0.6) is 0 Å². The maximum Gasteiger partial charge on any atom is 0.0168 e. The number of unbranched alkanes of at least 4 members (excludes halogenated alkanes) is 8. The molecule has 2 N–H and O–H groups in total. The zero-order chi connectivity index (χ0) is 16.0. The summed E-state index contributed by atoms with van der Waals surface area (Å²) in [6.07, 6.45) is 19.4. The van der Waals surface area contributed by atoms with Crippen molar-refractivity contribution in [1.29, 1.82) is 0 Å². The van der Waals surface area contributed by atoms with Crippen molar-refractivity contribution in [1.82, 2.24) is 4.90 Å². The molecule has 0 amide bonds. The number of nitrogens with two attached hydrogens (primary N) is 1. The van der Waals surface area contributed by atoms with E-state index in [1.165, 1.54) is 96.4 Å². The summed E-state index contributed by atoms with van der Waals surface area (Å²) in [4.78, 5) is 2.73. The Morgan fingerprint density at radius 2 is 1.41 bits per heavy atom. The molecule has 0 aliphatic carbocycles. The second kappa shape index (κ2) is 13.4. The lowest BCUT2D eigenvalue weighted by Gasteiger charge is -2.37. The quantitative estimate of drug-likeness (QED) is 0.455. The SMILES string of the molecule is CCCCCCCC(CCCCCCC)N1CCC[C@H](N)C1. The summed E-state index contributed by atoms with van der Waals surface area (Å²) in [5.41, 5.74) is 6.21. The molecule has 1 rings (SSSR count). The van der Waals surface area contributed by atoms with Crippen molar-refractivity contribution in [2.24, 2.45) is 5.73 Å². The van der Waals surface area contributed by atoms with Gasteiger partial charge in [0, 0.05) is 18.6 Å². The van der Waals surface area contributed by atoms with Gasteiger partial charge in [0.1, 0.15) is 0 Å². The van der Waals surface area contributed by atoms with E-state index in [-0.39, 0.29) is 0 Å². The Morgan fingerprint density at radius 3 is 1.91 bits per heavy atom. The van der Waals surface area contributed by atoms with Crippen molar-refractivity contribution in [2.45, 2.75) is 116 Å². The minimum atomic E-state index is 0.427. The molecule has 0 saturated carbocycles. The van der Waals surface area contributed by atoms with Crippen LogP contribution in [-0.2, 0) is 0 Å². The second-order valence-electron chi connectivity index (χ2n) is 7.46. The van der Waals surface area contributed by atoms with Crippen LogP contribution in [0.3, 0.4) is 0 Å². The first-order valence-electron chi connectivity index (χ1n) is 10.3. The lowest BCUT2D eigenvalue weighted by molar-refractivity contribution is 0.130. The van der Waals surface area contributed by atoms with Crippen LogP contribution in [0.4, 0.5) is 0 Å². The van der Waals surface area contributed by atoms with E-state index < -0.39 is 0 Å². The molecule has 0 radical (unpaired) electrons. The average Bonchev–Trinajstić information content (AvgIpc) is 2.52. The zero-order valence-electron chi connectivity index (χ0n) is 15.5. The maximum absolute atomic E-state index is 6.21. The van der Waals surface area contributed by atoms with Crippen molar-refractivity contribution >= 4 is 0 Å². The predicted molar refractivity (Wildman–Crippen MR) is 99.3 cm³/mol. The molecular formula is C20H42N2. The number of piperidine rings is 1. The number of nitrogens with zero attached hydrogens (tertiary/aromatic N) is 1. The van der Waals surface area contributed by atoms with Crippen LogP contribution in [-0.4, -0.2) is 30.1 Å². The fourth-order valence-electron chi connectivity index (χ4n) is 3.85. The molecule has 0 bridgehead atoms. The molecule has 0 unspecified atom stereocenters. The van der Waals surface area contributed by atoms with E-state index in [1.807, 2.05) is 0 Å². The van der Waals surface area contributed by atoms with Gasteiger partial charge < -0.3 is 5.73 Å². The van der Waals surface area contributed by atoms with E-state index in [0.29, 0.717) is 6.04 Å². The van der Waals surface area contributed by atoms with Gasteiger partial charge >= 0.3 is 0 Å². The summed E-state index contributed by atoms with van der Waals surface area (Å²) in [5.74, 6) is 0. The van der Waals surface area contributed by atoms with Gasteiger partial charge in [0.05, 0.1) is 0 Å². The summed E-state index contributed by atoms with van der Waals surface area (Å²) in [7, 11) is 0. The Balaban J connectivity index is 2.28. The third-order valence-electron chi connectivity index (χ3n) is 5.29. The first kappa shape index (κ1) is 20.0. The van der Waals surface area contributed by atoms with Crippen LogP contribution >= 0.6 is 0 Å². The molecule has 1 atom stereocenters. The normalized spacial score (nSPS) is 19.9. The van der Waals surface area contributed by atoms with Crippen LogP contribution in [0.2, 0.25) is 0 Å². The number of hydrogen-bond acceptors (Lipinski definition) is 2. The molecule has 1 fully saturated rings. The molecule has 0 aromatic carbocycles. The maximum atomic E-state index is 6.21. The number of rotatable bonds is 13. The van der Waals surface area contributed by atoms with E-state index in [0.717, 1.165) is 12.6 Å². The monoisotopic (exact) mass is 310 g/mol. The van der Waals surface area contributed by atoms with E-state index in [2.05, 4.69) is 18.7 Å². The second-order valence-corrected chi connectivity index (χ2v) is 7.46. The standard InChI is InChI=1S/C20H42N2/c1-3-5-7-9-11-15-20(16-12-10-8-6-4-2)22-17-13-14-19(21)18-22/h19-20H,3-18,21H2,1-2H3/t19-/m0/s1. The third-order valence-corrected chi connectivity index (χ3v) is 5.29. The Labute approximate surface area is 140 Å². The van der Waals surface area contributed by atoms with Gasteiger partial charge in [-0.2, -0.15) is 0 Å². The van der Waals surface area contributed by atoms with Crippen molar-refractivity contribution < 1.29 is 0 Å². The Bertz CT molecular complexity index is 228. The van der Waals surface area contributed by atoms with Gasteiger partial charge in [-0.1, -0.05) is 78.1 Å². The smallest absolute Gasteiger partial charge is 0.0168 e.